The highest BCUT2D eigenvalue weighted by molar-refractivity contribution is 5.75. The molecule has 0 saturated heterocycles. The van der Waals surface area contributed by atoms with Gasteiger partial charge in [0, 0.05) is 18.7 Å². The number of rotatable bonds is 2. The van der Waals surface area contributed by atoms with E-state index in [0.29, 0.717) is 0 Å². The summed E-state index contributed by atoms with van der Waals surface area (Å²) in [7, 11) is 0. The first kappa shape index (κ1) is 10.4. The van der Waals surface area contributed by atoms with Crippen LogP contribution in [0.15, 0.2) is 30.5 Å². The average Bonchev–Trinajstić information content (AvgIpc) is 2.82. The lowest BCUT2D eigenvalue weighted by Crippen LogP contribution is -2.17. The fourth-order valence-electron chi connectivity index (χ4n) is 2.23. The normalized spacial score (nSPS) is 14.2. The van der Waals surface area contributed by atoms with Crippen molar-refractivity contribution in [2.75, 3.05) is 11.9 Å². The molecule has 0 amide bonds. The van der Waals surface area contributed by atoms with Crippen LogP contribution in [-0.4, -0.2) is 21.4 Å². The van der Waals surface area contributed by atoms with Gasteiger partial charge >= 0.3 is 0 Å². The molecule has 0 spiro atoms. The Hall–Kier alpha value is -1.81. The van der Waals surface area contributed by atoms with Crippen molar-refractivity contribution in [3.05, 3.63) is 36.0 Å². The van der Waals surface area contributed by atoms with Gasteiger partial charge in [-0.25, -0.2) is 4.68 Å². The molecule has 1 aliphatic heterocycles. The van der Waals surface area contributed by atoms with E-state index in [0.717, 1.165) is 42.0 Å². The second kappa shape index (κ2) is 4.22. The zero-order chi connectivity index (χ0) is 11.7. The van der Waals surface area contributed by atoms with Gasteiger partial charge in [0.15, 0.2) is 0 Å². The molecule has 2 heterocycles. The summed E-state index contributed by atoms with van der Waals surface area (Å²) in [6.45, 7) is 2.05. The molecule has 2 aromatic rings. The first-order chi connectivity index (χ1) is 8.38. The van der Waals surface area contributed by atoms with Gasteiger partial charge in [-0.2, -0.15) is 5.10 Å². The molecule has 0 radical (unpaired) electrons. The molecular weight excluding hydrogens is 214 g/mol. The standard InChI is InChI=1S/C13H15N3O/c17-9-10-3-1-4-11(7-10)12-8-15-16-6-2-5-14-13(12)16/h1,3-4,7-8,14,17H,2,5-6,9H2. The van der Waals surface area contributed by atoms with Crippen molar-refractivity contribution in [1.82, 2.24) is 9.78 Å². The van der Waals surface area contributed by atoms with Gasteiger partial charge in [0.2, 0.25) is 0 Å². The van der Waals surface area contributed by atoms with Crippen LogP contribution in [0.1, 0.15) is 12.0 Å². The van der Waals surface area contributed by atoms with Gasteiger partial charge in [-0.1, -0.05) is 18.2 Å². The molecule has 1 aromatic heterocycles. The van der Waals surface area contributed by atoms with E-state index in [9.17, 15) is 0 Å². The maximum Gasteiger partial charge on any atom is 0.132 e. The minimum absolute atomic E-state index is 0.0741. The molecule has 3 rings (SSSR count). The summed E-state index contributed by atoms with van der Waals surface area (Å²) in [6.07, 6.45) is 3.01. The Balaban J connectivity index is 2.05. The van der Waals surface area contributed by atoms with Crippen LogP contribution >= 0.6 is 0 Å². The van der Waals surface area contributed by atoms with E-state index in [4.69, 9.17) is 5.11 Å². The number of nitrogens with one attached hydrogen (secondary N) is 1. The lowest BCUT2D eigenvalue weighted by atomic mass is 10.1. The highest BCUT2D eigenvalue weighted by Crippen LogP contribution is 2.30. The third-order valence-corrected chi connectivity index (χ3v) is 3.10. The number of aryl methyl sites for hydroxylation is 1. The molecule has 88 valence electrons. The minimum Gasteiger partial charge on any atom is -0.392 e. The summed E-state index contributed by atoms with van der Waals surface area (Å²) in [5.74, 6) is 1.09. The van der Waals surface area contributed by atoms with Gasteiger partial charge in [0.25, 0.3) is 0 Å². The summed E-state index contributed by atoms with van der Waals surface area (Å²) in [6, 6.07) is 7.95. The first-order valence-corrected chi connectivity index (χ1v) is 5.88. The zero-order valence-electron chi connectivity index (χ0n) is 9.56. The summed E-state index contributed by atoms with van der Waals surface area (Å²) in [4.78, 5) is 0. The number of aromatic nitrogens is 2. The molecule has 0 atom stereocenters. The van der Waals surface area contributed by atoms with Crippen molar-refractivity contribution in [2.45, 2.75) is 19.6 Å². The Bertz CT molecular complexity index is 533. The van der Waals surface area contributed by atoms with Crippen LogP contribution in [0.3, 0.4) is 0 Å². The molecule has 1 aromatic carbocycles. The SMILES string of the molecule is OCc1cccc(-c2cnn3c2NCCC3)c1. The maximum atomic E-state index is 9.16. The van der Waals surface area contributed by atoms with Crippen molar-refractivity contribution in [1.29, 1.82) is 0 Å². The highest BCUT2D eigenvalue weighted by atomic mass is 16.3. The number of aliphatic hydroxyl groups is 1. The monoisotopic (exact) mass is 229 g/mol. The Kier molecular flexibility index (Phi) is 2.57. The number of hydrogen-bond donors (Lipinski definition) is 2. The molecule has 0 unspecified atom stereocenters. The fourth-order valence-corrected chi connectivity index (χ4v) is 2.23. The highest BCUT2D eigenvalue weighted by Gasteiger charge is 2.15. The molecule has 4 nitrogen and oxygen atoms in total. The molecule has 0 bridgehead atoms. The van der Waals surface area contributed by atoms with E-state index in [1.807, 2.05) is 35.1 Å². The Labute approximate surface area is 99.9 Å². The molecule has 17 heavy (non-hydrogen) atoms. The van der Waals surface area contributed by atoms with Gasteiger partial charge in [-0.05, 0) is 23.6 Å². The quantitative estimate of drug-likeness (QED) is 0.826. The van der Waals surface area contributed by atoms with Crippen LogP contribution in [-0.2, 0) is 13.2 Å². The van der Waals surface area contributed by atoms with Gasteiger partial charge in [-0.3, -0.25) is 0 Å². The van der Waals surface area contributed by atoms with Crippen molar-refractivity contribution in [2.24, 2.45) is 0 Å². The number of hydrogen-bond acceptors (Lipinski definition) is 3. The van der Waals surface area contributed by atoms with Crippen molar-refractivity contribution in [3.63, 3.8) is 0 Å². The number of aliphatic hydroxyl groups excluding tert-OH is 1. The van der Waals surface area contributed by atoms with Crippen molar-refractivity contribution < 1.29 is 5.11 Å². The van der Waals surface area contributed by atoms with Crippen LogP contribution < -0.4 is 5.32 Å². The molecule has 2 N–H and O–H groups in total. The van der Waals surface area contributed by atoms with Gasteiger partial charge < -0.3 is 10.4 Å². The summed E-state index contributed by atoms with van der Waals surface area (Å²) < 4.78 is 2.00. The second-order valence-corrected chi connectivity index (χ2v) is 4.27. The van der Waals surface area contributed by atoms with Gasteiger partial charge in [0.05, 0.1) is 12.8 Å². The molecule has 0 saturated carbocycles. The number of anilines is 1. The summed E-state index contributed by atoms with van der Waals surface area (Å²) >= 11 is 0. The average molecular weight is 229 g/mol. The van der Waals surface area contributed by atoms with E-state index in [-0.39, 0.29) is 6.61 Å². The first-order valence-electron chi connectivity index (χ1n) is 5.88. The molecular formula is C13H15N3O. The number of fused-ring (bicyclic) bond motifs is 1. The van der Waals surface area contributed by atoms with E-state index in [1.54, 1.807) is 0 Å². The predicted octanol–water partition coefficient (Wildman–Crippen LogP) is 1.86. The maximum absolute atomic E-state index is 9.16. The third-order valence-electron chi connectivity index (χ3n) is 3.10. The predicted molar refractivity (Wildman–Crippen MR) is 66.7 cm³/mol. The van der Waals surface area contributed by atoms with Crippen LogP contribution in [0.25, 0.3) is 11.1 Å². The van der Waals surface area contributed by atoms with Crippen molar-refractivity contribution >= 4 is 5.82 Å². The van der Waals surface area contributed by atoms with Crippen LogP contribution in [0.4, 0.5) is 5.82 Å². The van der Waals surface area contributed by atoms with Crippen LogP contribution in [0, 0.1) is 0 Å². The van der Waals surface area contributed by atoms with Crippen LogP contribution in [0.2, 0.25) is 0 Å². The number of nitrogens with zero attached hydrogens (tertiary/aromatic N) is 2. The lowest BCUT2D eigenvalue weighted by Gasteiger charge is -2.17. The molecule has 0 aliphatic carbocycles. The molecule has 1 aliphatic rings. The molecule has 0 fully saturated rings. The van der Waals surface area contributed by atoms with E-state index in [2.05, 4.69) is 10.4 Å². The van der Waals surface area contributed by atoms with Gasteiger partial charge in [-0.15, -0.1) is 0 Å². The fraction of sp³-hybridized carbons (Fsp3) is 0.308. The molecule has 4 heteroatoms. The van der Waals surface area contributed by atoms with Gasteiger partial charge in [0.1, 0.15) is 5.82 Å². The minimum atomic E-state index is 0.0741. The Morgan fingerprint density at radius 2 is 2.35 bits per heavy atom. The largest absolute Gasteiger partial charge is 0.392 e. The van der Waals surface area contributed by atoms with E-state index < -0.39 is 0 Å². The summed E-state index contributed by atoms with van der Waals surface area (Å²) in [5.41, 5.74) is 3.14. The third kappa shape index (κ3) is 1.80. The Morgan fingerprint density at radius 3 is 3.24 bits per heavy atom. The Morgan fingerprint density at radius 1 is 1.41 bits per heavy atom. The lowest BCUT2D eigenvalue weighted by molar-refractivity contribution is 0.282. The van der Waals surface area contributed by atoms with Crippen LogP contribution in [0.5, 0.6) is 0 Å². The zero-order valence-corrected chi connectivity index (χ0v) is 9.56. The smallest absolute Gasteiger partial charge is 0.132 e. The number of benzene rings is 1. The second-order valence-electron chi connectivity index (χ2n) is 4.27. The summed E-state index contributed by atoms with van der Waals surface area (Å²) in [5, 5.41) is 16.9. The van der Waals surface area contributed by atoms with Crippen molar-refractivity contribution in [3.8, 4) is 11.1 Å². The van der Waals surface area contributed by atoms with E-state index in [1.165, 1.54) is 0 Å². The van der Waals surface area contributed by atoms with E-state index >= 15 is 0 Å². The topological polar surface area (TPSA) is 50.1 Å².